The Balaban J connectivity index is 1.18. The lowest BCUT2D eigenvalue weighted by molar-refractivity contribution is -0.137. The third-order valence-electron chi connectivity index (χ3n) is 12.7. The van der Waals surface area contributed by atoms with Crippen LogP contribution in [0.1, 0.15) is 5.56 Å². The molecule has 0 radical (unpaired) electrons. The Morgan fingerprint density at radius 3 is 1.25 bits per heavy atom. The van der Waals surface area contributed by atoms with Crippen LogP contribution in [0.2, 0.25) is 0 Å². The van der Waals surface area contributed by atoms with Crippen molar-refractivity contribution in [3.63, 3.8) is 0 Å². The molecule has 0 aliphatic rings. The van der Waals surface area contributed by atoms with Crippen molar-refractivity contribution in [3.05, 3.63) is 235 Å². The van der Waals surface area contributed by atoms with Crippen LogP contribution in [0.4, 0.5) is 18.9 Å². The van der Waals surface area contributed by atoms with Crippen LogP contribution in [0, 0.1) is 6.57 Å². The molecule has 4 aromatic heterocycles. The summed E-state index contributed by atoms with van der Waals surface area (Å²) in [4.78, 5) is 13.9. The number of halogens is 3. The van der Waals surface area contributed by atoms with Crippen LogP contribution in [0.15, 0.2) is 218 Å². The predicted octanol–water partition coefficient (Wildman–Crippen LogP) is 16.6. The molecule has 0 amide bonds. The maximum atomic E-state index is 15.8. The SMILES string of the molecule is [C-]#[N+]c1cccc(-c2c(-n3c4ccccc4c4ccc(-c5cccc(-c6ccccc6)n5)cc43)cc(C(F)(F)F)cc2-n2c3ccccc3c3ccc(-c4cccc(-c5ccccc5)n4)cc32)c1. The molecule has 12 rings (SSSR count). The quantitative estimate of drug-likeness (QED) is 0.150. The van der Waals surface area contributed by atoms with Gasteiger partial charge >= 0.3 is 6.18 Å². The van der Waals surface area contributed by atoms with E-state index in [-0.39, 0.29) is 0 Å². The molecule has 0 fully saturated rings. The molecule has 0 bridgehead atoms. The Morgan fingerprint density at radius 1 is 0.368 bits per heavy atom. The van der Waals surface area contributed by atoms with Gasteiger partial charge in [-0.1, -0.05) is 152 Å². The molecule has 4 heterocycles. The van der Waals surface area contributed by atoms with Crippen LogP contribution < -0.4 is 0 Å². The highest BCUT2D eigenvalue weighted by atomic mass is 19.4. The number of rotatable bonds is 7. The molecule has 68 heavy (non-hydrogen) atoms. The molecular weight excluding hydrogens is 848 g/mol. The molecule has 5 nitrogen and oxygen atoms in total. The van der Waals surface area contributed by atoms with Crippen LogP contribution in [-0.4, -0.2) is 19.1 Å². The highest BCUT2D eigenvalue weighted by Gasteiger charge is 2.34. The Kier molecular flexibility index (Phi) is 9.59. The van der Waals surface area contributed by atoms with Gasteiger partial charge in [0.2, 0.25) is 0 Å². The third kappa shape index (κ3) is 6.88. The summed E-state index contributed by atoms with van der Waals surface area (Å²) in [6.45, 7) is 8.04. The van der Waals surface area contributed by atoms with E-state index in [4.69, 9.17) is 16.5 Å². The smallest absolute Gasteiger partial charge is 0.309 e. The summed E-state index contributed by atoms with van der Waals surface area (Å²) in [5, 5.41) is 3.50. The third-order valence-corrected chi connectivity index (χ3v) is 12.7. The van der Waals surface area contributed by atoms with Gasteiger partial charge in [0.25, 0.3) is 0 Å². The number of hydrogen-bond acceptors (Lipinski definition) is 2. The topological polar surface area (TPSA) is 40.0 Å². The number of nitrogens with zero attached hydrogens (tertiary/aromatic N) is 5. The monoisotopic (exact) mass is 883 g/mol. The summed E-state index contributed by atoms with van der Waals surface area (Å²) in [6.07, 6.45) is -4.74. The summed E-state index contributed by atoms with van der Waals surface area (Å²) in [7, 11) is 0. The maximum absolute atomic E-state index is 15.8. The first kappa shape index (κ1) is 40.4. The molecule has 8 heteroatoms. The lowest BCUT2D eigenvalue weighted by Crippen LogP contribution is -2.11. The van der Waals surface area contributed by atoms with Crippen LogP contribution in [-0.2, 0) is 6.18 Å². The van der Waals surface area contributed by atoms with Crippen molar-refractivity contribution in [3.8, 4) is 67.5 Å². The van der Waals surface area contributed by atoms with Crippen molar-refractivity contribution in [2.45, 2.75) is 6.18 Å². The van der Waals surface area contributed by atoms with E-state index < -0.39 is 11.7 Å². The second-order valence-corrected chi connectivity index (χ2v) is 16.8. The second kappa shape index (κ2) is 16.1. The van der Waals surface area contributed by atoms with Gasteiger partial charge in [0.05, 0.1) is 68.4 Å². The summed E-state index contributed by atoms with van der Waals surface area (Å²) in [5.41, 5.74) is 10.8. The second-order valence-electron chi connectivity index (χ2n) is 16.8. The van der Waals surface area contributed by atoms with Gasteiger partial charge < -0.3 is 9.13 Å². The van der Waals surface area contributed by atoms with Crippen LogP contribution in [0.3, 0.4) is 0 Å². The fraction of sp³-hybridized carbons (Fsp3) is 0.0167. The van der Waals surface area contributed by atoms with Gasteiger partial charge in [0, 0.05) is 49.4 Å². The van der Waals surface area contributed by atoms with Gasteiger partial charge in [0.1, 0.15) is 0 Å². The molecule has 8 aromatic carbocycles. The zero-order valence-corrected chi connectivity index (χ0v) is 36.2. The number of para-hydroxylation sites is 2. The average molecular weight is 884 g/mol. The maximum Gasteiger partial charge on any atom is 0.416 e. The zero-order chi connectivity index (χ0) is 45.9. The minimum Gasteiger partial charge on any atom is -0.309 e. The molecular formula is C60H36F3N5. The van der Waals surface area contributed by atoms with E-state index in [1.807, 2.05) is 197 Å². The van der Waals surface area contributed by atoms with Crippen LogP contribution in [0.5, 0.6) is 0 Å². The van der Waals surface area contributed by atoms with Gasteiger partial charge in [0.15, 0.2) is 5.69 Å². The number of benzene rings is 8. The van der Waals surface area contributed by atoms with E-state index in [9.17, 15) is 0 Å². The van der Waals surface area contributed by atoms with Gasteiger partial charge in [-0.2, -0.15) is 13.2 Å². The first-order valence-electron chi connectivity index (χ1n) is 22.2. The highest BCUT2D eigenvalue weighted by molar-refractivity contribution is 6.13. The molecule has 12 aromatic rings. The van der Waals surface area contributed by atoms with E-state index in [1.165, 1.54) is 12.1 Å². The standard InChI is InChI=1S/C60H36F3N5/c1-64-44-20-12-19-42(33-44)59-57(67-53-27-10-8-21-45(53)47-31-29-40(34-55(47)67)51-25-13-23-49(65-51)38-15-4-2-5-16-38)36-43(60(61,62)63)37-58(59)68-54-28-11-9-22-46(54)48-32-30-41(35-56(48)68)52-26-14-24-50(66-52)39-17-6-3-7-18-39/h2-37H. The Hall–Kier alpha value is -9.06. The van der Waals surface area contributed by atoms with Crippen LogP contribution in [0.25, 0.3) is 116 Å². The molecule has 0 spiro atoms. The first-order chi connectivity index (χ1) is 33.3. The van der Waals surface area contributed by atoms with Crippen molar-refractivity contribution in [2.24, 2.45) is 0 Å². The number of fused-ring (bicyclic) bond motifs is 6. The summed E-state index contributed by atoms with van der Waals surface area (Å²) in [6, 6.07) is 69.1. The minimum atomic E-state index is -4.74. The number of hydrogen-bond donors (Lipinski definition) is 0. The van der Waals surface area contributed by atoms with Crippen molar-refractivity contribution in [1.82, 2.24) is 19.1 Å². The van der Waals surface area contributed by atoms with Gasteiger partial charge in [-0.25, -0.2) is 14.8 Å². The Bertz CT molecular complexity index is 3750. The number of alkyl halides is 3. The Morgan fingerprint density at radius 2 is 0.779 bits per heavy atom. The lowest BCUT2D eigenvalue weighted by Gasteiger charge is -2.23. The van der Waals surface area contributed by atoms with Gasteiger partial charge in [-0.05, 0) is 72.3 Å². The van der Waals surface area contributed by atoms with E-state index in [0.29, 0.717) is 39.2 Å². The van der Waals surface area contributed by atoms with Crippen molar-refractivity contribution < 1.29 is 13.2 Å². The van der Waals surface area contributed by atoms with Crippen molar-refractivity contribution in [1.29, 1.82) is 0 Å². The van der Waals surface area contributed by atoms with Crippen LogP contribution >= 0.6 is 0 Å². The molecule has 0 N–H and O–H groups in total. The molecule has 0 atom stereocenters. The van der Waals surface area contributed by atoms with E-state index in [2.05, 4.69) is 4.85 Å². The highest BCUT2D eigenvalue weighted by Crippen LogP contribution is 2.46. The van der Waals surface area contributed by atoms with E-state index >= 15 is 13.2 Å². The Labute approximate surface area is 389 Å². The zero-order valence-electron chi connectivity index (χ0n) is 36.2. The minimum absolute atomic E-state index is 0.311. The summed E-state index contributed by atoms with van der Waals surface area (Å²) in [5.74, 6) is 0. The molecule has 0 saturated carbocycles. The first-order valence-corrected chi connectivity index (χ1v) is 22.2. The summed E-state index contributed by atoms with van der Waals surface area (Å²) < 4.78 is 51.3. The predicted molar refractivity (Wildman–Crippen MR) is 269 cm³/mol. The molecule has 322 valence electrons. The van der Waals surface area contributed by atoms with E-state index in [0.717, 1.165) is 77.6 Å². The fourth-order valence-corrected chi connectivity index (χ4v) is 9.66. The van der Waals surface area contributed by atoms with Gasteiger partial charge in [-0.3, -0.25) is 0 Å². The number of aromatic nitrogens is 4. The average Bonchev–Trinajstić information content (AvgIpc) is 3.90. The van der Waals surface area contributed by atoms with E-state index in [1.54, 1.807) is 18.2 Å². The largest absolute Gasteiger partial charge is 0.416 e. The lowest BCUT2D eigenvalue weighted by atomic mass is 9.97. The molecule has 0 saturated heterocycles. The van der Waals surface area contributed by atoms with Gasteiger partial charge in [-0.15, -0.1) is 0 Å². The molecule has 0 aliphatic heterocycles. The molecule has 0 aliphatic carbocycles. The fourth-order valence-electron chi connectivity index (χ4n) is 9.66. The normalized spacial score (nSPS) is 11.7. The number of pyridine rings is 2. The van der Waals surface area contributed by atoms with Crippen molar-refractivity contribution in [2.75, 3.05) is 0 Å². The summed E-state index contributed by atoms with van der Waals surface area (Å²) >= 11 is 0. The van der Waals surface area contributed by atoms with Crippen molar-refractivity contribution >= 4 is 49.3 Å². The molecule has 0 unspecified atom stereocenters.